The fourth-order valence-electron chi connectivity index (χ4n) is 5.77. The van der Waals surface area contributed by atoms with Crippen molar-refractivity contribution in [2.24, 2.45) is 0 Å². The quantitative estimate of drug-likeness (QED) is 0.0792. The van der Waals surface area contributed by atoms with Crippen LogP contribution in [0.5, 0.6) is 11.5 Å². The number of rotatable bonds is 32. The zero-order valence-corrected chi connectivity index (χ0v) is 28.2. The zero-order valence-electron chi connectivity index (χ0n) is 28.2. The van der Waals surface area contributed by atoms with Gasteiger partial charge in [0.05, 0.1) is 24.8 Å². The molecule has 0 bridgehead atoms. The number of hydrogen-bond acceptors (Lipinski definition) is 3. The van der Waals surface area contributed by atoms with Crippen molar-refractivity contribution in [1.29, 1.82) is 5.26 Å². The lowest BCUT2D eigenvalue weighted by molar-refractivity contribution is 0.258. The van der Waals surface area contributed by atoms with E-state index in [1.165, 1.54) is 167 Å². The molecule has 0 atom stereocenters. The first kappa shape index (κ1) is 38.3. The fraction of sp³-hybridized carbons (Fsp3) is 0.821. The summed E-state index contributed by atoms with van der Waals surface area (Å²) >= 11 is 0. The third-order valence-corrected chi connectivity index (χ3v) is 8.58. The number of benzene rings is 1. The Kier molecular flexibility index (Phi) is 28.1. The average Bonchev–Trinajstić information content (AvgIpc) is 3.01. The van der Waals surface area contributed by atoms with E-state index in [1.807, 2.05) is 18.2 Å². The molecule has 3 nitrogen and oxygen atoms in total. The Labute approximate surface area is 262 Å². The average molecular weight is 584 g/mol. The minimum atomic E-state index is 0.634. The summed E-state index contributed by atoms with van der Waals surface area (Å²) in [4.78, 5) is 0. The summed E-state index contributed by atoms with van der Waals surface area (Å²) in [6.45, 7) is 5.99. The van der Waals surface area contributed by atoms with Gasteiger partial charge in [-0.2, -0.15) is 5.26 Å². The second-order valence-corrected chi connectivity index (χ2v) is 12.7. The molecule has 0 aliphatic heterocycles. The van der Waals surface area contributed by atoms with Crippen molar-refractivity contribution in [3.05, 3.63) is 23.8 Å². The van der Waals surface area contributed by atoms with E-state index in [2.05, 4.69) is 19.9 Å². The van der Waals surface area contributed by atoms with Crippen molar-refractivity contribution >= 4 is 0 Å². The summed E-state index contributed by atoms with van der Waals surface area (Å²) in [5.74, 6) is 1.52. The molecule has 0 heterocycles. The van der Waals surface area contributed by atoms with Crippen LogP contribution in [-0.2, 0) is 0 Å². The van der Waals surface area contributed by atoms with Crippen molar-refractivity contribution in [3.63, 3.8) is 0 Å². The van der Waals surface area contributed by atoms with Crippen LogP contribution in [0.1, 0.15) is 199 Å². The van der Waals surface area contributed by atoms with Crippen LogP contribution in [0.2, 0.25) is 0 Å². The minimum absolute atomic E-state index is 0.634. The molecule has 0 unspecified atom stereocenters. The summed E-state index contributed by atoms with van der Waals surface area (Å²) in [7, 11) is 0. The van der Waals surface area contributed by atoms with Crippen molar-refractivity contribution in [3.8, 4) is 17.6 Å². The maximum absolute atomic E-state index is 9.33. The van der Waals surface area contributed by atoms with Gasteiger partial charge in [-0.25, -0.2) is 0 Å². The van der Waals surface area contributed by atoms with Gasteiger partial charge in [-0.3, -0.25) is 0 Å². The summed E-state index contributed by atoms with van der Waals surface area (Å²) in [5.41, 5.74) is 0.634. The van der Waals surface area contributed by atoms with Gasteiger partial charge in [0, 0.05) is 6.07 Å². The van der Waals surface area contributed by atoms with E-state index < -0.39 is 0 Å². The Balaban J connectivity index is 2.03. The summed E-state index contributed by atoms with van der Waals surface area (Å²) in [6, 6.07) is 7.81. The SMILES string of the molecule is CCCCCCCCCCCCCCCCOc1ccc(C#N)cc1OCCCCCCCCCCCCCCCC. The van der Waals surface area contributed by atoms with Crippen molar-refractivity contribution in [2.45, 2.75) is 194 Å². The smallest absolute Gasteiger partial charge is 0.162 e. The van der Waals surface area contributed by atoms with E-state index in [4.69, 9.17) is 9.47 Å². The first-order chi connectivity index (χ1) is 20.8. The van der Waals surface area contributed by atoms with Crippen LogP contribution in [0.15, 0.2) is 18.2 Å². The molecule has 0 amide bonds. The van der Waals surface area contributed by atoms with Gasteiger partial charge in [-0.1, -0.05) is 181 Å². The first-order valence-corrected chi connectivity index (χ1v) is 18.6. The molecule has 0 fully saturated rings. The van der Waals surface area contributed by atoms with E-state index in [0.717, 1.165) is 30.9 Å². The molecule has 1 aromatic rings. The summed E-state index contributed by atoms with van der Waals surface area (Å²) in [6.07, 6.45) is 38.0. The van der Waals surface area contributed by atoms with Gasteiger partial charge < -0.3 is 9.47 Å². The maximum Gasteiger partial charge on any atom is 0.162 e. The van der Waals surface area contributed by atoms with Crippen LogP contribution >= 0.6 is 0 Å². The highest BCUT2D eigenvalue weighted by molar-refractivity contribution is 5.46. The number of nitriles is 1. The molecular formula is C39H69NO2. The Morgan fingerprint density at radius 2 is 0.738 bits per heavy atom. The molecule has 0 saturated heterocycles. The molecule has 1 aromatic carbocycles. The highest BCUT2D eigenvalue weighted by Crippen LogP contribution is 2.29. The lowest BCUT2D eigenvalue weighted by Gasteiger charge is -2.13. The van der Waals surface area contributed by atoms with E-state index in [1.54, 1.807) is 0 Å². The molecular weight excluding hydrogens is 514 g/mol. The van der Waals surface area contributed by atoms with E-state index in [9.17, 15) is 5.26 Å². The Bertz CT molecular complexity index is 740. The monoisotopic (exact) mass is 584 g/mol. The largest absolute Gasteiger partial charge is 0.490 e. The molecule has 0 aliphatic rings. The van der Waals surface area contributed by atoms with Crippen molar-refractivity contribution in [2.75, 3.05) is 13.2 Å². The molecule has 0 spiro atoms. The number of ether oxygens (including phenoxy) is 2. The highest BCUT2D eigenvalue weighted by Gasteiger charge is 2.07. The third-order valence-electron chi connectivity index (χ3n) is 8.58. The normalized spacial score (nSPS) is 11.1. The summed E-state index contributed by atoms with van der Waals surface area (Å²) < 4.78 is 12.2. The topological polar surface area (TPSA) is 42.2 Å². The van der Waals surface area contributed by atoms with E-state index >= 15 is 0 Å². The Morgan fingerprint density at radius 3 is 1.07 bits per heavy atom. The molecule has 3 heteroatoms. The molecule has 0 radical (unpaired) electrons. The van der Waals surface area contributed by atoms with Crippen LogP contribution in [0, 0.1) is 11.3 Å². The van der Waals surface area contributed by atoms with Crippen LogP contribution in [0.3, 0.4) is 0 Å². The van der Waals surface area contributed by atoms with Gasteiger partial charge in [0.25, 0.3) is 0 Å². The second-order valence-electron chi connectivity index (χ2n) is 12.7. The fourth-order valence-corrected chi connectivity index (χ4v) is 5.77. The number of nitrogens with zero attached hydrogens (tertiary/aromatic N) is 1. The first-order valence-electron chi connectivity index (χ1n) is 18.6. The molecule has 0 N–H and O–H groups in total. The second kappa shape index (κ2) is 30.8. The number of unbranched alkanes of at least 4 members (excludes halogenated alkanes) is 26. The Morgan fingerprint density at radius 1 is 0.429 bits per heavy atom. The molecule has 0 aromatic heterocycles. The van der Waals surface area contributed by atoms with E-state index in [-0.39, 0.29) is 0 Å². The molecule has 1 rings (SSSR count). The van der Waals surface area contributed by atoms with Gasteiger partial charge in [0.1, 0.15) is 0 Å². The highest BCUT2D eigenvalue weighted by atomic mass is 16.5. The van der Waals surface area contributed by atoms with Crippen LogP contribution < -0.4 is 9.47 Å². The lowest BCUT2D eigenvalue weighted by atomic mass is 10.0. The predicted molar refractivity (Wildman–Crippen MR) is 183 cm³/mol. The predicted octanol–water partition coefficient (Wildman–Crippen LogP) is 13.3. The van der Waals surface area contributed by atoms with Crippen molar-refractivity contribution < 1.29 is 9.47 Å². The molecule has 242 valence electrons. The van der Waals surface area contributed by atoms with Gasteiger partial charge in [0.15, 0.2) is 11.5 Å². The summed E-state index contributed by atoms with van der Waals surface area (Å²) in [5, 5.41) is 9.33. The van der Waals surface area contributed by atoms with Crippen LogP contribution in [-0.4, -0.2) is 13.2 Å². The lowest BCUT2D eigenvalue weighted by Crippen LogP contribution is -2.03. The van der Waals surface area contributed by atoms with Crippen molar-refractivity contribution in [1.82, 2.24) is 0 Å². The molecule has 42 heavy (non-hydrogen) atoms. The standard InChI is InChI=1S/C39H69NO2/c1-3-5-7-9-11-13-15-17-19-21-23-25-27-29-33-41-38-32-31-37(36-40)35-39(38)42-34-30-28-26-24-22-20-18-16-14-12-10-8-6-4-2/h31-32,35H,3-30,33-34H2,1-2H3. The van der Waals surface area contributed by atoms with Gasteiger partial charge in [0.2, 0.25) is 0 Å². The molecule has 0 aliphatic carbocycles. The third kappa shape index (κ3) is 23.8. The Hall–Kier alpha value is -1.69. The van der Waals surface area contributed by atoms with Gasteiger partial charge in [-0.05, 0) is 25.0 Å². The van der Waals surface area contributed by atoms with Crippen LogP contribution in [0.25, 0.3) is 0 Å². The van der Waals surface area contributed by atoms with E-state index in [0.29, 0.717) is 12.2 Å². The van der Waals surface area contributed by atoms with Gasteiger partial charge in [-0.15, -0.1) is 0 Å². The maximum atomic E-state index is 9.33. The minimum Gasteiger partial charge on any atom is -0.490 e. The van der Waals surface area contributed by atoms with Gasteiger partial charge >= 0.3 is 0 Å². The zero-order chi connectivity index (χ0) is 30.2. The molecule has 0 saturated carbocycles. The number of hydrogen-bond donors (Lipinski definition) is 0. The van der Waals surface area contributed by atoms with Crippen LogP contribution in [0.4, 0.5) is 0 Å².